The maximum Gasteiger partial charge on any atom is 0.177 e. The van der Waals surface area contributed by atoms with Crippen LogP contribution in [0, 0.1) is 0 Å². The largest absolute Gasteiger partial charge is 0.325 e. The van der Waals surface area contributed by atoms with E-state index in [9.17, 15) is 0 Å². The van der Waals surface area contributed by atoms with E-state index < -0.39 is 0 Å². The molecular formula is C4H14N2SSi. The van der Waals surface area contributed by atoms with Gasteiger partial charge in [-0.3, -0.25) is 4.31 Å². The van der Waals surface area contributed by atoms with Crippen molar-refractivity contribution < 1.29 is 0 Å². The van der Waals surface area contributed by atoms with Crippen molar-refractivity contribution in [3.8, 4) is 0 Å². The summed E-state index contributed by atoms with van der Waals surface area (Å²) in [6.07, 6.45) is 0. The molecule has 0 aromatic heterocycles. The number of nitrogens with zero attached hydrogens (tertiary/aromatic N) is 2. The van der Waals surface area contributed by atoms with E-state index in [4.69, 9.17) is 0 Å². The third kappa shape index (κ3) is 6.49. The molecule has 0 rings (SSSR count). The van der Waals surface area contributed by atoms with Gasteiger partial charge in [-0.2, -0.15) is 0 Å². The van der Waals surface area contributed by atoms with Gasteiger partial charge in [0, 0.05) is 0 Å². The van der Waals surface area contributed by atoms with Crippen LogP contribution in [-0.2, 0) is 0 Å². The molecule has 0 radical (unpaired) electrons. The normalized spacial score (nSPS) is 12.8. The van der Waals surface area contributed by atoms with E-state index in [1.807, 2.05) is 11.4 Å². The molecule has 0 aliphatic heterocycles. The van der Waals surface area contributed by atoms with Crippen LogP contribution in [0.5, 0.6) is 0 Å². The van der Waals surface area contributed by atoms with E-state index in [1.54, 1.807) is 0 Å². The summed E-state index contributed by atoms with van der Waals surface area (Å²) >= 11 is 1.94. The third-order valence-corrected chi connectivity index (χ3v) is 5.17. The minimum Gasteiger partial charge on any atom is -0.325 e. The Morgan fingerprint density at radius 1 is 1.12 bits per heavy atom. The minimum atomic E-state index is -0.0255. The summed E-state index contributed by atoms with van der Waals surface area (Å²) in [7, 11) is 8.40. The molecule has 0 heterocycles. The zero-order valence-corrected chi connectivity index (χ0v) is 8.24. The Kier molecular flexibility index (Phi) is 4.64. The van der Waals surface area contributed by atoms with E-state index in [2.05, 4.69) is 37.1 Å². The topological polar surface area (TPSA) is 6.48 Å². The van der Waals surface area contributed by atoms with E-state index >= 15 is 0 Å². The lowest BCUT2D eigenvalue weighted by Gasteiger charge is -2.11. The molecule has 0 fully saturated rings. The predicted octanol–water partition coefficient (Wildman–Crippen LogP) is -0.243. The van der Waals surface area contributed by atoms with E-state index in [-0.39, 0.29) is 8.83 Å². The minimum absolute atomic E-state index is 0.0255. The van der Waals surface area contributed by atoms with Crippen molar-refractivity contribution in [3.05, 3.63) is 0 Å². The van der Waals surface area contributed by atoms with Crippen LogP contribution in [0.25, 0.3) is 0 Å². The van der Waals surface area contributed by atoms with Gasteiger partial charge in [0.05, 0.1) is 0 Å². The van der Waals surface area contributed by atoms with Crippen molar-refractivity contribution in [2.75, 3.05) is 28.2 Å². The van der Waals surface area contributed by atoms with Crippen molar-refractivity contribution in [2.24, 2.45) is 0 Å². The molecule has 0 unspecified atom stereocenters. The zero-order valence-electron chi connectivity index (χ0n) is 6.01. The monoisotopic (exact) mass is 150 g/mol. The molecule has 0 aliphatic carbocycles. The molecule has 0 spiro atoms. The van der Waals surface area contributed by atoms with Crippen molar-refractivity contribution in [2.45, 2.75) is 0 Å². The van der Waals surface area contributed by atoms with Crippen LogP contribution in [0.1, 0.15) is 0 Å². The first-order valence-electron chi connectivity index (χ1n) is 2.58. The lowest BCUT2D eigenvalue weighted by atomic mass is 11.3. The smallest absolute Gasteiger partial charge is 0.177 e. The van der Waals surface area contributed by atoms with Crippen LogP contribution < -0.4 is 0 Å². The second-order valence-electron chi connectivity index (χ2n) is 2.15. The summed E-state index contributed by atoms with van der Waals surface area (Å²) in [5.74, 6) is 0. The predicted molar refractivity (Wildman–Crippen MR) is 43.5 cm³/mol. The molecule has 4 heteroatoms. The summed E-state index contributed by atoms with van der Waals surface area (Å²) in [6, 6.07) is 0. The molecule has 0 saturated carbocycles. The Balaban J connectivity index is 2.93. The fourth-order valence-corrected chi connectivity index (χ4v) is 2.08. The molecule has 0 aromatic carbocycles. The summed E-state index contributed by atoms with van der Waals surface area (Å²) in [6.45, 7) is 0. The second-order valence-corrected chi connectivity index (χ2v) is 6.21. The Morgan fingerprint density at radius 3 is 1.75 bits per heavy atom. The van der Waals surface area contributed by atoms with Gasteiger partial charge in [0.1, 0.15) is 0 Å². The van der Waals surface area contributed by atoms with Crippen molar-refractivity contribution >= 4 is 20.2 Å². The van der Waals surface area contributed by atoms with Crippen LogP contribution in [0.15, 0.2) is 0 Å². The molecule has 0 amide bonds. The van der Waals surface area contributed by atoms with Gasteiger partial charge in [-0.1, -0.05) is 11.4 Å². The van der Waals surface area contributed by atoms with E-state index in [0.717, 1.165) is 0 Å². The lowest BCUT2D eigenvalue weighted by molar-refractivity contribution is 0.666. The van der Waals surface area contributed by atoms with Gasteiger partial charge in [-0.25, -0.2) is 0 Å². The van der Waals surface area contributed by atoms with Gasteiger partial charge in [0.2, 0.25) is 0 Å². The Bertz CT molecular complexity index is 50.0. The van der Waals surface area contributed by atoms with Gasteiger partial charge in [0.25, 0.3) is 0 Å². The SMILES string of the molecule is CN(C)[SiH2]SN(C)C. The van der Waals surface area contributed by atoms with Crippen molar-refractivity contribution in [3.63, 3.8) is 0 Å². The quantitative estimate of drug-likeness (QED) is 0.405. The summed E-state index contributed by atoms with van der Waals surface area (Å²) < 4.78 is 4.44. The van der Waals surface area contributed by atoms with Crippen LogP contribution in [-0.4, -0.2) is 45.9 Å². The van der Waals surface area contributed by atoms with Gasteiger partial charge in [0.15, 0.2) is 8.83 Å². The highest BCUT2D eigenvalue weighted by molar-refractivity contribution is 8.20. The number of hydrogen-bond acceptors (Lipinski definition) is 3. The molecule has 0 aromatic rings. The van der Waals surface area contributed by atoms with Crippen LogP contribution in [0.2, 0.25) is 0 Å². The average molecular weight is 150 g/mol. The Labute approximate surface area is 57.9 Å². The average Bonchev–Trinajstić information content (AvgIpc) is 1.61. The maximum absolute atomic E-state index is 2.28. The van der Waals surface area contributed by atoms with E-state index in [0.29, 0.717) is 0 Å². The molecule has 0 aliphatic rings. The van der Waals surface area contributed by atoms with Crippen LogP contribution >= 0.6 is 11.4 Å². The van der Waals surface area contributed by atoms with Crippen LogP contribution in [0.4, 0.5) is 0 Å². The highest BCUT2D eigenvalue weighted by Gasteiger charge is 1.91. The summed E-state index contributed by atoms with van der Waals surface area (Å²) in [5.41, 5.74) is 0. The van der Waals surface area contributed by atoms with Crippen LogP contribution in [0.3, 0.4) is 0 Å². The number of rotatable bonds is 3. The van der Waals surface area contributed by atoms with Gasteiger partial charge in [-0.05, 0) is 28.2 Å². The van der Waals surface area contributed by atoms with E-state index in [1.165, 1.54) is 0 Å². The first-order chi connectivity index (χ1) is 3.63. The maximum atomic E-state index is 2.28. The Morgan fingerprint density at radius 2 is 1.62 bits per heavy atom. The molecular weight excluding hydrogens is 136 g/mol. The molecule has 0 saturated heterocycles. The van der Waals surface area contributed by atoms with Gasteiger partial charge < -0.3 is 4.57 Å². The molecule has 8 heavy (non-hydrogen) atoms. The highest BCUT2D eigenvalue weighted by Crippen LogP contribution is 1.98. The number of hydrogen-bond donors (Lipinski definition) is 0. The molecule has 0 atom stereocenters. The van der Waals surface area contributed by atoms with Crippen molar-refractivity contribution in [1.82, 2.24) is 8.87 Å². The zero-order chi connectivity index (χ0) is 6.57. The molecule has 50 valence electrons. The standard InChI is InChI=1S/C4H14N2SSi/c1-5(2)7-8-6(3)4/h8H2,1-4H3. The molecule has 0 N–H and O–H groups in total. The molecule has 0 bridgehead atoms. The first kappa shape index (κ1) is 8.49. The van der Waals surface area contributed by atoms with Crippen molar-refractivity contribution in [1.29, 1.82) is 0 Å². The third-order valence-electron chi connectivity index (χ3n) is 0.574. The van der Waals surface area contributed by atoms with Gasteiger partial charge in [-0.15, -0.1) is 0 Å². The second kappa shape index (κ2) is 4.37. The summed E-state index contributed by atoms with van der Waals surface area (Å²) in [4.78, 5) is 0. The highest BCUT2D eigenvalue weighted by atomic mass is 32.4. The fourth-order valence-electron chi connectivity index (χ4n) is 0.231. The first-order valence-corrected chi connectivity index (χ1v) is 5.88. The van der Waals surface area contributed by atoms with Gasteiger partial charge >= 0.3 is 0 Å². The summed E-state index contributed by atoms with van der Waals surface area (Å²) in [5, 5.41) is 0. The fraction of sp³-hybridized carbons (Fsp3) is 1.00. The molecule has 2 nitrogen and oxygen atoms in total. The Hall–Kier alpha value is 0.487. The lowest BCUT2D eigenvalue weighted by Crippen LogP contribution is -2.18.